The molecule has 0 saturated heterocycles. The van der Waals surface area contributed by atoms with Crippen LogP contribution in [0, 0.1) is 35.0 Å². The number of hydrogen-bond acceptors (Lipinski definition) is 3. The highest BCUT2D eigenvalue weighted by Gasteiger charge is 2.37. The normalized spacial score (nSPS) is 13.1. The van der Waals surface area contributed by atoms with Gasteiger partial charge in [0.05, 0.1) is 18.8 Å². The summed E-state index contributed by atoms with van der Waals surface area (Å²) < 4.78 is 84.2. The molecule has 1 atom stereocenters. The van der Waals surface area contributed by atoms with Crippen LogP contribution in [0.2, 0.25) is 0 Å². The Balaban J connectivity index is 2.83. The highest BCUT2D eigenvalue weighted by atomic mass is 19.2. The second-order valence-electron chi connectivity index (χ2n) is 7.39. The second-order valence-corrected chi connectivity index (χ2v) is 7.39. The lowest BCUT2D eigenvalue weighted by atomic mass is 9.90. The molecule has 3 nitrogen and oxygen atoms in total. The Morgan fingerprint density at radius 1 is 0.733 bits per heavy atom. The van der Waals surface area contributed by atoms with Gasteiger partial charge in [-0.25, -0.2) is 22.0 Å². The predicted octanol–water partition coefficient (Wildman–Crippen LogP) is 6.66. The molecule has 1 unspecified atom stereocenters. The topological polar surface area (TPSA) is 27.7 Å². The molecule has 0 fully saturated rings. The van der Waals surface area contributed by atoms with Gasteiger partial charge in [0.1, 0.15) is 0 Å². The third-order valence-corrected chi connectivity index (χ3v) is 5.58. The largest absolute Gasteiger partial charge is 0.376 e. The molecular formula is C22H33F5O3. The first-order valence-corrected chi connectivity index (χ1v) is 10.5. The van der Waals surface area contributed by atoms with Crippen molar-refractivity contribution in [1.82, 2.24) is 0 Å². The smallest absolute Gasteiger partial charge is 0.200 e. The monoisotopic (exact) mass is 440 g/mol. The fourth-order valence-corrected chi connectivity index (χ4v) is 3.68. The first-order valence-electron chi connectivity index (χ1n) is 10.5. The number of halogens is 5. The highest BCUT2D eigenvalue weighted by molar-refractivity contribution is 5.23. The van der Waals surface area contributed by atoms with Gasteiger partial charge in [0.15, 0.2) is 29.1 Å². The van der Waals surface area contributed by atoms with E-state index in [1.165, 1.54) is 20.6 Å². The van der Waals surface area contributed by atoms with Crippen molar-refractivity contribution in [2.45, 2.75) is 77.6 Å². The molecule has 0 aromatic heterocycles. The third kappa shape index (κ3) is 6.62. The Bertz CT molecular complexity index is 613. The summed E-state index contributed by atoms with van der Waals surface area (Å²) in [5.41, 5.74) is -0.985. The minimum absolute atomic E-state index is 0.00995. The third-order valence-electron chi connectivity index (χ3n) is 5.58. The molecule has 0 aliphatic heterocycles. The van der Waals surface area contributed by atoms with Crippen molar-refractivity contribution in [3.8, 4) is 0 Å². The number of methoxy groups -OCH3 is 2. The van der Waals surface area contributed by atoms with Gasteiger partial charge < -0.3 is 14.2 Å². The summed E-state index contributed by atoms with van der Waals surface area (Å²) in [5.74, 6) is -11.1. The van der Waals surface area contributed by atoms with E-state index in [0.717, 1.165) is 32.1 Å². The first kappa shape index (κ1) is 26.8. The van der Waals surface area contributed by atoms with E-state index in [9.17, 15) is 22.0 Å². The minimum atomic E-state index is -2.18. The highest BCUT2D eigenvalue weighted by Crippen LogP contribution is 2.32. The molecule has 1 aromatic rings. The number of benzene rings is 1. The maximum atomic E-state index is 13.9. The van der Waals surface area contributed by atoms with Crippen LogP contribution in [0.5, 0.6) is 0 Å². The molecule has 8 heteroatoms. The summed E-state index contributed by atoms with van der Waals surface area (Å²) in [6, 6.07) is 0. The number of rotatable bonds is 15. The van der Waals surface area contributed by atoms with Gasteiger partial charge in [-0.15, -0.1) is 0 Å². The molecule has 1 aromatic carbocycles. The van der Waals surface area contributed by atoms with E-state index in [1.807, 2.05) is 6.92 Å². The van der Waals surface area contributed by atoms with Crippen LogP contribution in [0.15, 0.2) is 0 Å². The Morgan fingerprint density at radius 2 is 1.23 bits per heavy atom. The van der Waals surface area contributed by atoms with Gasteiger partial charge in [0.25, 0.3) is 0 Å². The molecule has 0 bridgehead atoms. The SMILES string of the molecule is CCCCCCCCC(COCc1c(F)c(F)c(F)c(F)c1F)C(CC)(OC)OC. The molecule has 0 amide bonds. The quantitative estimate of drug-likeness (QED) is 0.100. The van der Waals surface area contributed by atoms with Crippen LogP contribution in [-0.4, -0.2) is 26.6 Å². The summed E-state index contributed by atoms with van der Waals surface area (Å²) in [5, 5.41) is 0. The zero-order valence-electron chi connectivity index (χ0n) is 18.3. The van der Waals surface area contributed by atoms with Crippen LogP contribution >= 0.6 is 0 Å². The Labute approximate surface area is 175 Å². The van der Waals surface area contributed by atoms with E-state index in [2.05, 4.69) is 6.92 Å². The lowest BCUT2D eigenvalue weighted by Gasteiger charge is -2.37. The first-order chi connectivity index (χ1) is 14.3. The van der Waals surface area contributed by atoms with Crippen LogP contribution in [0.4, 0.5) is 22.0 Å². The average molecular weight is 440 g/mol. The van der Waals surface area contributed by atoms with Gasteiger partial charge in [-0.3, -0.25) is 0 Å². The van der Waals surface area contributed by atoms with E-state index in [-0.39, 0.29) is 12.5 Å². The van der Waals surface area contributed by atoms with Gasteiger partial charge in [-0.2, -0.15) is 0 Å². The van der Waals surface area contributed by atoms with Gasteiger partial charge in [-0.05, 0) is 12.8 Å². The summed E-state index contributed by atoms with van der Waals surface area (Å²) in [7, 11) is 3.01. The number of hydrogen-bond donors (Lipinski definition) is 0. The van der Waals surface area contributed by atoms with Crippen molar-refractivity contribution >= 4 is 0 Å². The summed E-state index contributed by atoms with van der Waals surface area (Å²) in [6.07, 6.45) is 7.68. The van der Waals surface area contributed by atoms with E-state index in [1.54, 1.807) is 0 Å². The average Bonchev–Trinajstić information content (AvgIpc) is 2.76. The molecule has 0 radical (unpaired) electrons. The van der Waals surface area contributed by atoms with Crippen molar-refractivity contribution < 1.29 is 36.2 Å². The maximum absolute atomic E-state index is 13.9. The molecule has 0 aliphatic rings. The van der Waals surface area contributed by atoms with E-state index >= 15 is 0 Å². The number of ether oxygens (including phenoxy) is 3. The van der Waals surface area contributed by atoms with Crippen molar-refractivity contribution in [3.05, 3.63) is 34.6 Å². The Hall–Kier alpha value is -1.25. The van der Waals surface area contributed by atoms with Crippen molar-refractivity contribution in [1.29, 1.82) is 0 Å². The van der Waals surface area contributed by atoms with Crippen LogP contribution in [0.3, 0.4) is 0 Å². The van der Waals surface area contributed by atoms with Gasteiger partial charge >= 0.3 is 0 Å². The number of unbranched alkanes of at least 4 members (excludes halogenated alkanes) is 5. The lowest BCUT2D eigenvalue weighted by molar-refractivity contribution is -0.251. The van der Waals surface area contributed by atoms with Gasteiger partial charge in [0, 0.05) is 20.1 Å². The summed E-state index contributed by atoms with van der Waals surface area (Å²) in [4.78, 5) is 0. The van der Waals surface area contributed by atoms with E-state index < -0.39 is 47.0 Å². The molecule has 0 N–H and O–H groups in total. The zero-order chi connectivity index (χ0) is 22.7. The minimum Gasteiger partial charge on any atom is -0.376 e. The van der Waals surface area contributed by atoms with Crippen LogP contribution in [0.25, 0.3) is 0 Å². The molecule has 174 valence electrons. The zero-order valence-corrected chi connectivity index (χ0v) is 18.3. The van der Waals surface area contributed by atoms with Crippen LogP contribution in [0.1, 0.15) is 70.8 Å². The fourth-order valence-electron chi connectivity index (χ4n) is 3.68. The fraction of sp³-hybridized carbons (Fsp3) is 0.727. The van der Waals surface area contributed by atoms with Crippen LogP contribution < -0.4 is 0 Å². The molecule has 0 aliphatic carbocycles. The summed E-state index contributed by atoms with van der Waals surface area (Å²) in [6.45, 7) is 3.27. The molecule has 30 heavy (non-hydrogen) atoms. The Kier molecular flexibility index (Phi) is 11.8. The van der Waals surface area contributed by atoms with E-state index in [0.29, 0.717) is 12.8 Å². The molecular weight excluding hydrogens is 407 g/mol. The standard InChI is InChI=1S/C22H33F5O3/c1-5-7-8-9-10-11-12-15(22(6-2,28-3)29-4)13-30-14-16-17(23)19(25)21(27)20(26)18(16)24/h15H,5-14H2,1-4H3. The van der Waals surface area contributed by atoms with Crippen molar-refractivity contribution in [2.24, 2.45) is 5.92 Å². The lowest BCUT2D eigenvalue weighted by Crippen LogP contribution is -2.43. The van der Waals surface area contributed by atoms with Crippen LogP contribution in [-0.2, 0) is 20.8 Å². The molecule has 0 heterocycles. The van der Waals surface area contributed by atoms with Crippen molar-refractivity contribution in [3.63, 3.8) is 0 Å². The van der Waals surface area contributed by atoms with Crippen molar-refractivity contribution in [2.75, 3.05) is 20.8 Å². The van der Waals surface area contributed by atoms with Gasteiger partial charge in [-0.1, -0.05) is 52.4 Å². The van der Waals surface area contributed by atoms with Gasteiger partial charge in [0.2, 0.25) is 5.82 Å². The Morgan fingerprint density at radius 3 is 1.73 bits per heavy atom. The second kappa shape index (κ2) is 13.2. The maximum Gasteiger partial charge on any atom is 0.200 e. The molecule has 1 rings (SSSR count). The molecule has 0 saturated carbocycles. The summed E-state index contributed by atoms with van der Waals surface area (Å²) >= 11 is 0. The van der Waals surface area contributed by atoms with E-state index in [4.69, 9.17) is 14.2 Å². The predicted molar refractivity (Wildman–Crippen MR) is 104 cm³/mol. The molecule has 0 spiro atoms.